The average Bonchev–Trinajstić information content (AvgIpc) is 3.53. The third kappa shape index (κ3) is 3.91. The molecule has 1 unspecified atom stereocenters. The van der Waals surface area contributed by atoms with E-state index in [0.29, 0.717) is 24.1 Å². The van der Waals surface area contributed by atoms with E-state index in [9.17, 15) is 23.6 Å². The lowest BCUT2D eigenvalue weighted by atomic mass is 9.77. The Balaban J connectivity index is 1.42. The van der Waals surface area contributed by atoms with Gasteiger partial charge < -0.3 is 10.2 Å². The topological polar surface area (TPSA) is 95.6 Å². The lowest BCUT2D eigenvalue weighted by Gasteiger charge is -2.39. The van der Waals surface area contributed by atoms with Gasteiger partial charge in [-0.3, -0.25) is 24.5 Å². The number of Topliss-reactive ketones (excluding diaryl/α,β-unsaturated/α-hetero) is 1. The highest BCUT2D eigenvalue weighted by atomic mass is 19.1. The number of carbonyl (C=O) groups excluding carboxylic acids is 4. The molecule has 2 saturated carbocycles. The number of nitrogens with one attached hydrogen (secondary N) is 2. The third-order valence-electron chi connectivity index (χ3n) is 7.54. The van der Waals surface area contributed by atoms with E-state index in [-0.39, 0.29) is 42.2 Å². The molecule has 7 nitrogen and oxygen atoms in total. The number of carbonyl (C=O) groups is 4. The van der Waals surface area contributed by atoms with Crippen molar-refractivity contribution in [1.29, 1.82) is 0 Å². The fraction of sp³-hybridized carbons (Fsp3) is 0.583. The summed E-state index contributed by atoms with van der Waals surface area (Å²) in [6.07, 6.45) is 7.49. The van der Waals surface area contributed by atoms with Crippen molar-refractivity contribution in [1.82, 2.24) is 10.2 Å². The zero-order valence-corrected chi connectivity index (χ0v) is 18.0. The van der Waals surface area contributed by atoms with Gasteiger partial charge >= 0.3 is 0 Å². The van der Waals surface area contributed by atoms with Crippen molar-refractivity contribution in [2.45, 2.75) is 82.3 Å². The molecule has 0 radical (unpaired) electrons. The lowest BCUT2D eigenvalue weighted by molar-refractivity contribution is -0.137. The molecule has 5 rings (SSSR count). The molecule has 2 N–H and O–H groups in total. The number of rotatable bonds is 6. The molecule has 1 aromatic carbocycles. The number of anilines is 1. The van der Waals surface area contributed by atoms with Crippen molar-refractivity contribution < 1.29 is 23.6 Å². The second-order valence-electron chi connectivity index (χ2n) is 9.77. The fourth-order valence-electron chi connectivity index (χ4n) is 5.37. The second kappa shape index (κ2) is 7.98. The van der Waals surface area contributed by atoms with Gasteiger partial charge in [0.2, 0.25) is 11.8 Å². The number of nitrogens with zero attached hydrogens (tertiary/aromatic N) is 1. The van der Waals surface area contributed by atoms with E-state index in [1.54, 1.807) is 6.07 Å². The van der Waals surface area contributed by atoms with Crippen molar-refractivity contribution in [3.8, 4) is 0 Å². The molecule has 3 amide bonds. The van der Waals surface area contributed by atoms with Gasteiger partial charge in [0.1, 0.15) is 17.6 Å². The molecule has 1 saturated heterocycles. The predicted octanol–water partition coefficient (Wildman–Crippen LogP) is 3.07. The molecule has 0 aromatic heterocycles. The van der Waals surface area contributed by atoms with Gasteiger partial charge in [-0.1, -0.05) is 12.8 Å². The predicted molar refractivity (Wildman–Crippen MR) is 114 cm³/mol. The van der Waals surface area contributed by atoms with Crippen LogP contribution in [0.25, 0.3) is 0 Å². The molecule has 2 aliphatic carbocycles. The van der Waals surface area contributed by atoms with Crippen molar-refractivity contribution >= 4 is 29.2 Å². The van der Waals surface area contributed by atoms with Crippen LogP contribution >= 0.6 is 0 Å². The van der Waals surface area contributed by atoms with Crippen LogP contribution < -0.4 is 10.6 Å². The monoisotopic (exact) mass is 441 g/mol. The van der Waals surface area contributed by atoms with Crippen LogP contribution in [-0.4, -0.2) is 40.0 Å². The zero-order valence-electron chi connectivity index (χ0n) is 18.0. The van der Waals surface area contributed by atoms with Gasteiger partial charge in [-0.15, -0.1) is 0 Å². The summed E-state index contributed by atoms with van der Waals surface area (Å²) in [5.74, 6) is -0.942. The van der Waals surface area contributed by atoms with Crippen molar-refractivity contribution in [3.63, 3.8) is 0 Å². The van der Waals surface area contributed by atoms with Crippen LogP contribution in [0.4, 0.5) is 10.1 Å². The number of piperidine rings is 1. The highest BCUT2D eigenvalue weighted by molar-refractivity contribution is 6.06. The Morgan fingerprint density at radius 3 is 2.50 bits per heavy atom. The van der Waals surface area contributed by atoms with Gasteiger partial charge in [0.25, 0.3) is 5.91 Å². The number of ketones is 1. The number of amides is 3. The maximum atomic E-state index is 14.7. The number of hydrogen-bond acceptors (Lipinski definition) is 5. The molecule has 32 heavy (non-hydrogen) atoms. The molecule has 8 heteroatoms. The van der Waals surface area contributed by atoms with Crippen molar-refractivity contribution in [3.05, 3.63) is 29.1 Å². The molecule has 3 fully saturated rings. The number of hydrogen-bond donors (Lipinski definition) is 2. The van der Waals surface area contributed by atoms with E-state index in [4.69, 9.17) is 0 Å². The summed E-state index contributed by atoms with van der Waals surface area (Å²) in [6.45, 7) is 0.123. The number of benzene rings is 1. The van der Waals surface area contributed by atoms with Crippen LogP contribution in [0.5, 0.6) is 0 Å². The molecule has 1 atom stereocenters. The molecule has 2 heterocycles. The largest absolute Gasteiger partial charge is 0.379 e. The van der Waals surface area contributed by atoms with Crippen molar-refractivity contribution in [2.24, 2.45) is 5.92 Å². The zero-order chi connectivity index (χ0) is 22.5. The van der Waals surface area contributed by atoms with Gasteiger partial charge in [-0.25, -0.2) is 4.39 Å². The molecular formula is C24H28FN3O4. The summed E-state index contributed by atoms with van der Waals surface area (Å²) >= 11 is 0. The summed E-state index contributed by atoms with van der Waals surface area (Å²) in [5, 5.41) is 5.91. The van der Waals surface area contributed by atoms with Crippen LogP contribution in [0.1, 0.15) is 80.1 Å². The standard InChI is InChI=1S/C24H28FN3O4/c25-17-3-4-18(27-24(10-7-14-1-2-14)11-8-15(29)9-12-24)16-13-28(23(32)21(16)17)19-5-6-20(30)26-22(19)31/h3-4,14,19,27H,1-2,5-13H2,(H,26,30,31). The molecule has 2 aliphatic heterocycles. The highest BCUT2D eigenvalue weighted by Crippen LogP contribution is 2.42. The smallest absolute Gasteiger partial charge is 0.258 e. The average molecular weight is 442 g/mol. The van der Waals surface area contributed by atoms with Crippen LogP contribution in [0.3, 0.4) is 0 Å². The SMILES string of the molecule is O=C1CCC(CCC2CC2)(Nc2ccc(F)c3c2CN(C2CCC(=O)NC2=O)C3=O)CC1. The van der Waals surface area contributed by atoms with Gasteiger partial charge in [0.05, 0.1) is 5.56 Å². The van der Waals surface area contributed by atoms with Crippen LogP contribution in [0.2, 0.25) is 0 Å². The summed E-state index contributed by atoms with van der Waals surface area (Å²) in [7, 11) is 0. The van der Waals surface area contributed by atoms with E-state index in [1.807, 2.05) is 0 Å². The minimum Gasteiger partial charge on any atom is -0.379 e. The van der Waals surface area contributed by atoms with Gasteiger partial charge in [0, 0.05) is 42.6 Å². The Bertz CT molecular complexity index is 993. The van der Waals surface area contributed by atoms with Crippen molar-refractivity contribution in [2.75, 3.05) is 5.32 Å². The maximum absolute atomic E-state index is 14.7. The van der Waals surface area contributed by atoms with E-state index < -0.39 is 23.7 Å². The van der Waals surface area contributed by atoms with E-state index in [1.165, 1.54) is 23.8 Å². The van der Waals surface area contributed by atoms with Crippen LogP contribution in [0.15, 0.2) is 12.1 Å². The first-order valence-corrected chi connectivity index (χ1v) is 11.6. The Kier molecular flexibility index (Phi) is 5.26. The maximum Gasteiger partial charge on any atom is 0.258 e. The normalized spacial score (nSPS) is 25.0. The van der Waals surface area contributed by atoms with Gasteiger partial charge in [-0.2, -0.15) is 0 Å². The third-order valence-corrected chi connectivity index (χ3v) is 7.54. The van der Waals surface area contributed by atoms with E-state index >= 15 is 0 Å². The minimum atomic E-state index is -0.782. The Labute approximate surface area is 186 Å². The van der Waals surface area contributed by atoms with Gasteiger partial charge in [0.15, 0.2) is 0 Å². The summed E-state index contributed by atoms with van der Waals surface area (Å²) < 4.78 is 14.7. The highest BCUT2D eigenvalue weighted by Gasteiger charge is 2.43. The van der Waals surface area contributed by atoms with Crippen LogP contribution in [-0.2, 0) is 20.9 Å². The Morgan fingerprint density at radius 1 is 1.06 bits per heavy atom. The summed E-state index contributed by atoms with van der Waals surface area (Å²) in [4.78, 5) is 50.2. The number of imide groups is 1. The molecule has 1 aromatic rings. The first kappa shape index (κ1) is 21.1. The summed E-state index contributed by atoms with van der Waals surface area (Å²) in [6, 6.07) is 2.19. The minimum absolute atomic E-state index is 0.00364. The van der Waals surface area contributed by atoms with Gasteiger partial charge in [-0.05, 0) is 50.2 Å². The summed E-state index contributed by atoms with van der Waals surface area (Å²) in [5.41, 5.74) is 1.02. The molecule has 4 aliphatic rings. The molecule has 170 valence electrons. The van der Waals surface area contributed by atoms with E-state index in [0.717, 1.165) is 31.6 Å². The first-order chi connectivity index (χ1) is 15.3. The number of fused-ring (bicyclic) bond motifs is 1. The Hall–Kier alpha value is -2.77. The quantitative estimate of drug-likeness (QED) is 0.662. The second-order valence-corrected chi connectivity index (χ2v) is 9.77. The number of halogens is 1. The van der Waals surface area contributed by atoms with Crippen LogP contribution in [0, 0.1) is 11.7 Å². The Morgan fingerprint density at radius 2 is 1.81 bits per heavy atom. The fourth-order valence-corrected chi connectivity index (χ4v) is 5.37. The molecule has 0 bridgehead atoms. The first-order valence-electron chi connectivity index (χ1n) is 11.6. The molecule has 0 spiro atoms. The van der Waals surface area contributed by atoms with E-state index in [2.05, 4.69) is 10.6 Å². The molecular weight excluding hydrogens is 413 g/mol. The lowest BCUT2D eigenvalue weighted by Crippen LogP contribution is -2.52.